The summed E-state index contributed by atoms with van der Waals surface area (Å²) < 4.78 is 1.34. The molecular formula is C10H16I2. The summed E-state index contributed by atoms with van der Waals surface area (Å²) >= 11 is 5.55. The molecule has 0 nitrogen and oxygen atoms in total. The van der Waals surface area contributed by atoms with Crippen molar-refractivity contribution in [1.29, 1.82) is 0 Å². The lowest BCUT2D eigenvalue weighted by Crippen LogP contribution is -2.39. The van der Waals surface area contributed by atoms with E-state index in [-0.39, 0.29) is 0 Å². The van der Waals surface area contributed by atoms with Gasteiger partial charge in [0.05, 0.1) is 0 Å². The van der Waals surface area contributed by atoms with E-state index in [9.17, 15) is 0 Å². The van der Waals surface area contributed by atoms with Crippen LogP contribution in [0.25, 0.3) is 0 Å². The molecular weight excluding hydrogens is 374 g/mol. The van der Waals surface area contributed by atoms with Gasteiger partial charge in [-0.05, 0) is 25.7 Å². The summed E-state index contributed by atoms with van der Waals surface area (Å²) in [5.41, 5.74) is 0. The first-order valence-electron chi connectivity index (χ1n) is 5.04. The molecule has 0 aromatic rings. The third kappa shape index (κ3) is 1.55. The van der Waals surface area contributed by atoms with E-state index in [1.165, 1.54) is 51.4 Å². The molecule has 0 amide bonds. The molecule has 0 saturated heterocycles. The van der Waals surface area contributed by atoms with Crippen LogP contribution in [0, 0.1) is 0 Å². The molecule has 2 fully saturated rings. The van der Waals surface area contributed by atoms with Crippen molar-refractivity contribution in [3.63, 3.8) is 0 Å². The topological polar surface area (TPSA) is 0 Å². The average Bonchev–Trinajstić information content (AvgIpc) is 2.60. The molecule has 0 bridgehead atoms. The summed E-state index contributed by atoms with van der Waals surface area (Å²) in [6, 6.07) is 0. The maximum absolute atomic E-state index is 2.78. The monoisotopic (exact) mass is 390 g/mol. The number of rotatable bonds is 1. The van der Waals surface area contributed by atoms with Gasteiger partial charge in [0.2, 0.25) is 0 Å². The van der Waals surface area contributed by atoms with Crippen molar-refractivity contribution in [3.8, 4) is 0 Å². The van der Waals surface area contributed by atoms with Crippen LogP contribution in [0.1, 0.15) is 51.4 Å². The molecule has 0 spiro atoms. The molecule has 2 rings (SSSR count). The van der Waals surface area contributed by atoms with Crippen LogP contribution >= 0.6 is 45.2 Å². The van der Waals surface area contributed by atoms with Crippen molar-refractivity contribution in [2.45, 2.75) is 58.2 Å². The Bertz CT molecular complexity index is 145. The van der Waals surface area contributed by atoms with Crippen LogP contribution in [0.5, 0.6) is 0 Å². The van der Waals surface area contributed by atoms with Gasteiger partial charge in [0.25, 0.3) is 0 Å². The Morgan fingerprint density at radius 3 is 1.08 bits per heavy atom. The zero-order valence-corrected chi connectivity index (χ0v) is 11.7. The minimum absolute atomic E-state index is 0.668. The summed E-state index contributed by atoms with van der Waals surface area (Å²) in [7, 11) is 0. The summed E-state index contributed by atoms with van der Waals surface area (Å²) in [5, 5.41) is 0. The highest BCUT2D eigenvalue weighted by Crippen LogP contribution is 2.57. The zero-order valence-electron chi connectivity index (χ0n) is 7.41. The smallest absolute Gasteiger partial charge is 0.0367 e. The maximum Gasteiger partial charge on any atom is 0.0367 e. The third-order valence-electron chi connectivity index (χ3n) is 3.60. The standard InChI is InChI=1S/C10H16I2/c11-9(5-1-2-6-9)10(12)7-3-4-8-10/h1-8H2. The Kier molecular flexibility index (Phi) is 2.96. The van der Waals surface area contributed by atoms with Gasteiger partial charge in [-0.1, -0.05) is 70.9 Å². The number of hydrogen-bond acceptors (Lipinski definition) is 0. The highest BCUT2D eigenvalue weighted by atomic mass is 127. The molecule has 0 unspecified atom stereocenters. The second-order valence-corrected chi connectivity index (χ2v) is 8.47. The maximum atomic E-state index is 2.78. The molecule has 2 saturated carbocycles. The lowest BCUT2D eigenvalue weighted by molar-refractivity contribution is 0.479. The fourth-order valence-corrected chi connectivity index (χ4v) is 5.37. The van der Waals surface area contributed by atoms with Crippen LogP contribution in [-0.4, -0.2) is 6.84 Å². The van der Waals surface area contributed by atoms with Gasteiger partial charge >= 0.3 is 0 Å². The first-order valence-corrected chi connectivity index (χ1v) is 7.20. The highest BCUT2D eigenvalue weighted by Gasteiger charge is 2.50. The van der Waals surface area contributed by atoms with Crippen LogP contribution in [-0.2, 0) is 0 Å². The molecule has 0 radical (unpaired) electrons. The van der Waals surface area contributed by atoms with Gasteiger partial charge in [-0.25, -0.2) is 0 Å². The summed E-state index contributed by atoms with van der Waals surface area (Å²) in [6.07, 6.45) is 11.8. The summed E-state index contributed by atoms with van der Waals surface area (Å²) in [5.74, 6) is 0. The highest BCUT2D eigenvalue weighted by molar-refractivity contribution is 14.1. The van der Waals surface area contributed by atoms with Crippen LogP contribution in [0.4, 0.5) is 0 Å². The van der Waals surface area contributed by atoms with Crippen molar-refractivity contribution >= 4 is 45.2 Å². The zero-order chi connectivity index (χ0) is 8.66. The van der Waals surface area contributed by atoms with Gasteiger partial charge in [-0.3, -0.25) is 0 Å². The lowest BCUT2D eigenvalue weighted by Gasteiger charge is -2.38. The van der Waals surface area contributed by atoms with E-state index in [4.69, 9.17) is 0 Å². The van der Waals surface area contributed by atoms with Crippen molar-refractivity contribution in [2.75, 3.05) is 0 Å². The molecule has 0 aromatic carbocycles. The Balaban J connectivity index is 2.14. The molecule has 2 aliphatic carbocycles. The normalized spacial score (nSPS) is 32.5. The van der Waals surface area contributed by atoms with Gasteiger partial charge in [-0.15, -0.1) is 0 Å². The summed E-state index contributed by atoms with van der Waals surface area (Å²) in [6.45, 7) is 0. The second kappa shape index (κ2) is 3.55. The molecule has 0 aromatic heterocycles. The number of halogens is 2. The number of hydrogen-bond donors (Lipinski definition) is 0. The quantitative estimate of drug-likeness (QED) is 0.458. The van der Waals surface area contributed by atoms with Gasteiger partial charge < -0.3 is 0 Å². The SMILES string of the molecule is IC1(C2(I)CCCC2)CCCC1. The van der Waals surface area contributed by atoms with E-state index in [1.807, 2.05) is 0 Å². The van der Waals surface area contributed by atoms with Gasteiger partial charge in [0.1, 0.15) is 0 Å². The van der Waals surface area contributed by atoms with E-state index in [0.717, 1.165) is 0 Å². The van der Waals surface area contributed by atoms with E-state index >= 15 is 0 Å². The predicted octanol–water partition coefficient (Wildman–Crippen LogP) is 4.48. The summed E-state index contributed by atoms with van der Waals surface area (Å²) in [4.78, 5) is 0. The Hall–Kier alpha value is 1.46. The van der Waals surface area contributed by atoms with E-state index in [2.05, 4.69) is 45.2 Å². The Morgan fingerprint density at radius 1 is 0.583 bits per heavy atom. The van der Waals surface area contributed by atoms with Crippen molar-refractivity contribution in [1.82, 2.24) is 0 Å². The van der Waals surface area contributed by atoms with Crippen LogP contribution in [0.15, 0.2) is 0 Å². The molecule has 0 atom stereocenters. The minimum Gasteiger partial charge on any atom is -0.0774 e. The van der Waals surface area contributed by atoms with Crippen LogP contribution in [0.3, 0.4) is 0 Å². The molecule has 0 heterocycles. The average molecular weight is 390 g/mol. The van der Waals surface area contributed by atoms with E-state index < -0.39 is 0 Å². The van der Waals surface area contributed by atoms with Crippen molar-refractivity contribution in [2.24, 2.45) is 0 Å². The van der Waals surface area contributed by atoms with Crippen molar-refractivity contribution < 1.29 is 0 Å². The molecule has 0 N–H and O–H groups in total. The van der Waals surface area contributed by atoms with Crippen LogP contribution in [0.2, 0.25) is 0 Å². The van der Waals surface area contributed by atoms with Gasteiger partial charge in [0.15, 0.2) is 0 Å². The van der Waals surface area contributed by atoms with Gasteiger partial charge in [0, 0.05) is 6.84 Å². The van der Waals surface area contributed by atoms with E-state index in [1.54, 1.807) is 0 Å². The fraction of sp³-hybridized carbons (Fsp3) is 1.00. The van der Waals surface area contributed by atoms with Crippen LogP contribution < -0.4 is 0 Å². The molecule has 0 aliphatic heterocycles. The fourth-order valence-electron chi connectivity index (χ4n) is 2.77. The first kappa shape index (κ1) is 9.99. The third-order valence-corrected chi connectivity index (χ3v) is 8.85. The lowest BCUT2D eigenvalue weighted by atomic mass is 9.89. The van der Waals surface area contributed by atoms with Crippen molar-refractivity contribution in [3.05, 3.63) is 0 Å². The molecule has 70 valence electrons. The molecule has 2 heteroatoms. The molecule has 2 aliphatic rings. The van der Waals surface area contributed by atoms with E-state index in [0.29, 0.717) is 6.84 Å². The predicted molar refractivity (Wildman–Crippen MR) is 70.4 cm³/mol. The Labute approximate surface area is 103 Å². The number of alkyl halides is 2. The minimum atomic E-state index is 0.668. The van der Waals surface area contributed by atoms with Gasteiger partial charge in [-0.2, -0.15) is 0 Å². The first-order chi connectivity index (χ1) is 5.66. The second-order valence-electron chi connectivity index (χ2n) is 4.34. The largest absolute Gasteiger partial charge is 0.0774 e. The Morgan fingerprint density at radius 2 is 0.833 bits per heavy atom. The molecule has 12 heavy (non-hydrogen) atoms.